The van der Waals surface area contributed by atoms with E-state index in [0.717, 1.165) is 17.3 Å². The molecule has 27 heavy (non-hydrogen) atoms. The molecule has 0 bridgehead atoms. The number of carbonyl (C=O) groups is 1. The molecule has 0 atom stereocenters. The van der Waals surface area contributed by atoms with Gasteiger partial charge in [0.05, 0.1) is 5.69 Å². The number of hydrogen-bond acceptors (Lipinski definition) is 3. The highest BCUT2D eigenvalue weighted by Crippen LogP contribution is 2.34. The molecule has 1 amide bonds. The molecule has 0 saturated carbocycles. The van der Waals surface area contributed by atoms with Crippen LogP contribution >= 0.6 is 0 Å². The Balaban J connectivity index is 1.78. The van der Waals surface area contributed by atoms with Crippen LogP contribution in [-0.2, 0) is 19.0 Å². The molecular weight excluding hydrogens is 338 g/mol. The molecule has 0 radical (unpaired) electrons. The Labute approximate surface area is 159 Å². The molecule has 1 aromatic carbocycles. The summed E-state index contributed by atoms with van der Waals surface area (Å²) in [7, 11) is 1.87. The van der Waals surface area contributed by atoms with E-state index < -0.39 is 0 Å². The number of benzene rings is 1. The van der Waals surface area contributed by atoms with E-state index in [9.17, 15) is 4.79 Å². The predicted molar refractivity (Wildman–Crippen MR) is 104 cm³/mol. The number of carbonyl (C=O) groups excluding carboxylic acids is 1. The first-order valence-electron chi connectivity index (χ1n) is 9.21. The van der Waals surface area contributed by atoms with Crippen molar-refractivity contribution in [3.8, 4) is 5.82 Å². The molecule has 2 aromatic heterocycles. The molecule has 3 heterocycles. The SMILES string of the molecule is Cc1nn(C)c(-n2ccnc2C)c1C(=O)N1Cc2ccccc2C(C)(C)C1. The molecule has 0 aliphatic carbocycles. The zero-order valence-electron chi connectivity index (χ0n) is 16.5. The third-order valence-electron chi connectivity index (χ3n) is 5.44. The van der Waals surface area contributed by atoms with E-state index in [1.54, 1.807) is 10.9 Å². The summed E-state index contributed by atoms with van der Waals surface area (Å²) < 4.78 is 3.69. The van der Waals surface area contributed by atoms with Crippen molar-refractivity contribution in [2.45, 2.75) is 39.7 Å². The van der Waals surface area contributed by atoms with Crippen molar-refractivity contribution < 1.29 is 4.79 Å². The van der Waals surface area contributed by atoms with Gasteiger partial charge in [0.25, 0.3) is 5.91 Å². The van der Waals surface area contributed by atoms with Crippen molar-refractivity contribution in [3.05, 3.63) is 64.9 Å². The van der Waals surface area contributed by atoms with Gasteiger partial charge < -0.3 is 4.90 Å². The minimum Gasteiger partial charge on any atom is -0.333 e. The van der Waals surface area contributed by atoms with E-state index in [-0.39, 0.29) is 11.3 Å². The van der Waals surface area contributed by atoms with Crippen LogP contribution < -0.4 is 0 Å². The maximum absolute atomic E-state index is 13.6. The molecule has 1 aliphatic heterocycles. The van der Waals surface area contributed by atoms with Gasteiger partial charge >= 0.3 is 0 Å². The van der Waals surface area contributed by atoms with Crippen molar-refractivity contribution in [1.29, 1.82) is 0 Å². The van der Waals surface area contributed by atoms with E-state index in [0.29, 0.717) is 18.7 Å². The van der Waals surface area contributed by atoms with Crippen LogP contribution in [0.3, 0.4) is 0 Å². The van der Waals surface area contributed by atoms with Gasteiger partial charge in [-0.2, -0.15) is 5.10 Å². The Bertz CT molecular complexity index is 1030. The summed E-state index contributed by atoms with van der Waals surface area (Å²) in [4.78, 5) is 19.9. The Hall–Kier alpha value is -2.89. The van der Waals surface area contributed by atoms with Gasteiger partial charge in [0.15, 0.2) is 0 Å². The van der Waals surface area contributed by atoms with E-state index in [1.165, 1.54) is 11.1 Å². The average Bonchev–Trinajstić information content (AvgIpc) is 3.15. The summed E-state index contributed by atoms with van der Waals surface area (Å²) >= 11 is 0. The largest absolute Gasteiger partial charge is 0.333 e. The summed E-state index contributed by atoms with van der Waals surface area (Å²) in [6.45, 7) is 9.52. The number of imidazole rings is 1. The first kappa shape index (κ1) is 17.5. The van der Waals surface area contributed by atoms with Crippen molar-refractivity contribution >= 4 is 5.91 Å². The second-order valence-electron chi connectivity index (χ2n) is 7.95. The second-order valence-corrected chi connectivity index (χ2v) is 7.95. The van der Waals surface area contributed by atoms with Gasteiger partial charge in [-0.25, -0.2) is 4.98 Å². The highest BCUT2D eigenvalue weighted by molar-refractivity contribution is 5.98. The van der Waals surface area contributed by atoms with Crippen LogP contribution in [0.2, 0.25) is 0 Å². The Morgan fingerprint density at radius 2 is 1.93 bits per heavy atom. The molecule has 3 aromatic rings. The lowest BCUT2D eigenvalue weighted by atomic mass is 9.78. The summed E-state index contributed by atoms with van der Waals surface area (Å²) in [6, 6.07) is 8.40. The fourth-order valence-corrected chi connectivity index (χ4v) is 4.22. The fourth-order valence-electron chi connectivity index (χ4n) is 4.22. The van der Waals surface area contributed by atoms with E-state index >= 15 is 0 Å². The molecule has 0 N–H and O–H groups in total. The monoisotopic (exact) mass is 363 g/mol. The molecule has 1 aliphatic rings. The van der Waals surface area contributed by atoms with Crippen molar-refractivity contribution in [2.24, 2.45) is 7.05 Å². The van der Waals surface area contributed by atoms with Gasteiger partial charge in [-0.3, -0.25) is 14.0 Å². The fraction of sp³-hybridized carbons (Fsp3) is 0.381. The van der Waals surface area contributed by atoms with E-state index in [4.69, 9.17) is 0 Å². The number of hydrogen-bond donors (Lipinski definition) is 0. The minimum absolute atomic E-state index is 0.0197. The first-order valence-corrected chi connectivity index (χ1v) is 9.21. The van der Waals surface area contributed by atoms with E-state index in [1.807, 2.05) is 42.6 Å². The average molecular weight is 363 g/mol. The van der Waals surface area contributed by atoms with Crippen LogP contribution in [0, 0.1) is 13.8 Å². The highest BCUT2D eigenvalue weighted by Gasteiger charge is 2.36. The number of nitrogens with zero attached hydrogens (tertiary/aromatic N) is 5. The van der Waals surface area contributed by atoms with Gasteiger partial charge in [-0.1, -0.05) is 38.1 Å². The number of aromatic nitrogens is 4. The second kappa shape index (κ2) is 6.08. The molecule has 6 heteroatoms. The van der Waals surface area contributed by atoms with E-state index in [2.05, 4.69) is 42.1 Å². The Kier molecular flexibility index (Phi) is 3.94. The molecule has 0 saturated heterocycles. The minimum atomic E-state index is -0.0916. The standard InChI is InChI=1S/C21H25N5O/c1-14-18(19(24(5)23-14)26-11-10-22-15(26)2)20(27)25-12-16-8-6-7-9-17(16)21(3,4)13-25/h6-11H,12-13H2,1-5H3. The third-order valence-corrected chi connectivity index (χ3v) is 5.44. The predicted octanol–water partition coefficient (Wildman–Crippen LogP) is 3.16. The van der Waals surface area contributed by atoms with Crippen LogP contribution in [0.25, 0.3) is 5.82 Å². The molecule has 140 valence electrons. The van der Waals surface area contributed by atoms with Gasteiger partial charge in [0.1, 0.15) is 17.2 Å². The Morgan fingerprint density at radius 3 is 2.63 bits per heavy atom. The molecule has 0 fully saturated rings. The first-order chi connectivity index (χ1) is 12.8. The van der Waals surface area contributed by atoms with Crippen LogP contribution in [0.1, 0.15) is 46.9 Å². The van der Waals surface area contributed by atoms with Crippen LogP contribution in [0.4, 0.5) is 0 Å². The van der Waals surface area contributed by atoms with Crippen molar-refractivity contribution in [2.75, 3.05) is 6.54 Å². The smallest absolute Gasteiger partial charge is 0.259 e. The van der Waals surface area contributed by atoms with Crippen LogP contribution in [0.5, 0.6) is 0 Å². The molecule has 0 spiro atoms. The summed E-state index contributed by atoms with van der Waals surface area (Å²) in [6.07, 6.45) is 3.62. The van der Waals surface area contributed by atoms with Gasteiger partial charge in [0, 0.05) is 37.9 Å². The summed E-state index contributed by atoms with van der Waals surface area (Å²) in [5.74, 6) is 1.62. The maximum Gasteiger partial charge on any atom is 0.259 e. The highest BCUT2D eigenvalue weighted by atomic mass is 16.2. The van der Waals surface area contributed by atoms with Crippen molar-refractivity contribution in [1.82, 2.24) is 24.2 Å². The number of amides is 1. The number of fused-ring (bicyclic) bond motifs is 1. The van der Waals surface area contributed by atoms with Crippen molar-refractivity contribution in [3.63, 3.8) is 0 Å². The molecule has 4 rings (SSSR count). The Morgan fingerprint density at radius 1 is 1.19 bits per heavy atom. The van der Waals surface area contributed by atoms with Gasteiger partial charge in [-0.15, -0.1) is 0 Å². The van der Waals surface area contributed by atoms with Crippen LogP contribution in [-0.4, -0.2) is 36.7 Å². The lowest BCUT2D eigenvalue weighted by Gasteiger charge is -2.40. The lowest BCUT2D eigenvalue weighted by molar-refractivity contribution is 0.0685. The zero-order chi connectivity index (χ0) is 19.3. The lowest BCUT2D eigenvalue weighted by Crippen LogP contribution is -2.45. The van der Waals surface area contributed by atoms with Gasteiger partial charge in [-0.05, 0) is 25.0 Å². The zero-order valence-corrected chi connectivity index (χ0v) is 16.5. The summed E-state index contributed by atoms with van der Waals surface area (Å²) in [5.41, 5.74) is 3.83. The number of rotatable bonds is 2. The topological polar surface area (TPSA) is 56.0 Å². The molecule has 6 nitrogen and oxygen atoms in total. The normalized spacial score (nSPS) is 15.7. The maximum atomic E-state index is 13.6. The molecular formula is C21H25N5O. The molecule has 0 unspecified atom stereocenters. The third kappa shape index (κ3) is 2.76. The number of aryl methyl sites for hydroxylation is 3. The quantitative estimate of drug-likeness (QED) is 0.703. The van der Waals surface area contributed by atoms with Crippen LogP contribution in [0.15, 0.2) is 36.7 Å². The van der Waals surface area contributed by atoms with Gasteiger partial charge in [0.2, 0.25) is 0 Å². The summed E-state index contributed by atoms with van der Waals surface area (Å²) in [5, 5.41) is 4.53.